The molecule has 1 atom stereocenters. The Labute approximate surface area is 131 Å². The maximum absolute atomic E-state index is 11.9. The largest absolute Gasteiger partial charge is 0.466 e. The fourth-order valence-corrected chi connectivity index (χ4v) is 2.41. The van der Waals surface area contributed by atoms with E-state index in [-0.39, 0.29) is 12.1 Å². The highest BCUT2D eigenvalue weighted by atomic mass is 16.3. The number of carbonyl (C=O) groups is 1. The van der Waals surface area contributed by atoms with Crippen LogP contribution in [0, 0.1) is 13.8 Å². The van der Waals surface area contributed by atoms with Crippen molar-refractivity contribution >= 4 is 6.03 Å². The third kappa shape index (κ3) is 4.95. The fraction of sp³-hybridized carbons (Fsp3) is 0.389. The van der Waals surface area contributed by atoms with E-state index < -0.39 is 0 Å². The molecule has 0 saturated heterocycles. The summed E-state index contributed by atoms with van der Waals surface area (Å²) in [5.74, 6) is 1.72. The van der Waals surface area contributed by atoms with E-state index in [0.717, 1.165) is 29.9 Å². The van der Waals surface area contributed by atoms with Gasteiger partial charge in [0.05, 0.1) is 0 Å². The van der Waals surface area contributed by atoms with Crippen LogP contribution in [0.1, 0.15) is 36.0 Å². The summed E-state index contributed by atoms with van der Waals surface area (Å²) < 4.78 is 5.44. The van der Waals surface area contributed by atoms with Gasteiger partial charge in [0.1, 0.15) is 11.5 Å². The van der Waals surface area contributed by atoms with Crippen LogP contribution in [0.3, 0.4) is 0 Å². The van der Waals surface area contributed by atoms with E-state index in [0.29, 0.717) is 6.54 Å². The normalized spacial score (nSPS) is 12.0. The summed E-state index contributed by atoms with van der Waals surface area (Å²) in [5, 5.41) is 5.84. The van der Waals surface area contributed by atoms with Gasteiger partial charge in [-0.15, -0.1) is 0 Å². The van der Waals surface area contributed by atoms with Gasteiger partial charge in [0, 0.05) is 18.2 Å². The molecule has 0 aliphatic heterocycles. The number of aryl methyl sites for hydroxylation is 3. The first-order valence-corrected chi connectivity index (χ1v) is 7.69. The Morgan fingerprint density at radius 1 is 1.23 bits per heavy atom. The van der Waals surface area contributed by atoms with Crippen LogP contribution in [-0.4, -0.2) is 12.1 Å². The van der Waals surface area contributed by atoms with Crippen molar-refractivity contribution in [2.24, 2.45) is 0 Å². The lowest BCUT2D eigenvalue weighted by Gasteiger charge is -2.14. The predicted molar refractivity (Wildman–Crippen MR) is 87.8 cm³/mol. The standard InChI is InChI=1S/C18H24N2O2/c1-13(9-10-16-7-5-4-6-8-16)20-18(21)19-12-17-11-14(2)22-15(17)3/h4-8,11,13H,9-10,12H2,1-3H3,(H2,19,20,21). The number of hydrogen-bond donors (Lipinski definition) is 2. The van der Waals surface area contributed by atoms with Gasteiger partial charge >= 0.3 is 6.03 Å². The average molecular weight is 300 g/mol. The number of amides is 2. The number of rotatable bonds is 6. The molecule has 0 radical (unpaired) electrons. The molecule has 118 valence electrons. The van der Waals surface area contributed by atoms with Gasteiger partial charge in [0.25, 0.3) is 0 Å². The molecule has 4 nitrogen and oxygen atoms in total. The molecule has 0 spiro atoms. The first-order chi connectivity index (χ1) is 10.5. The summed E-state index contributed by atoms with van der Waals surface area (Å²) in [5.41, 5.74) is 2.31. The summed E-state index contributed by atoms with van der Waals surface area (Å²) in [6, 6.07) is 12.2. The molecule has 0 aliphatic carbocycles. The Bertz CT molecular complexity index is 605. The Morgan fingerprint density at radius 3 is 2.59 bits per heavy atom. The van der Waals surface area contributed by atoms with Crippen molar-refractivity contribution < 1.29 is 9.21 Å². The van der Waals surface area contributed by atoms with Crippen LogP contribution in [-0.2, 0) is 13.0 Å². The van der Waals surface area contributed by atoms with Gasteiger partial charge < -0.3 is 15.1 Å². The molecule has 0 aliphatic rings. The highest BCUT2D eigenvalue weighted by Crippen LogP contribution is 2.13. The Balaban J connectivity index is 1.71. The van der Waals surface area contributed by atoms with Crippen LogP contribution in [0.5, 0.6) is 0 Å². The number of urea groups is 1. The average Bonchev–Trinajstić information content (AvgIpc) is 2.82. The van der Waals surface area contributed by atoms with Crippen LogP contribution in [0.15, 0.2) is 40.8 Å². The zero-order valence-corrected chi connectivity index (χ0v) is 13.5. The quantitative estimate of drug-likeness (QED) is 0.854. The van der Waals surface area contributed by atoms with E-state index in [4.69, 9.17) is 4.42 Å². The third-order valence-corrected chi connectivity index (χ3v) is 3.67. The minimum atomic E-state index is -0.140. The lowest BCUT2D eigenvalue weighted by Crippen LogP contribution is -2.40. The van der Waals surface area contributed by atoms with E-state index in [1.54, 1.807) is 0 Å². The van der Waals surface area contributed by atoms with Gasteiger partial charge in [-0.1, -0.05) is 30.3 Å². The van der Waals surface area contributed by atoms with Crippen molar-refractivity contribution in [1.29, 1.82) is 0 Å². The molecule has 1 unspecified atom stereocenters. The lowest BCUT2D eigenvalue weighted by atomic mass is 10.1. The Morgan fingerprint density at radius 2 is 1.95 bits per heavy atom. The van der Waals surface area contributed by atoms with Crippen molar-refractivity contribution in [3.05, 3.63) is 59.0 Å². The van der Waals surface area contributed by atoms with Gasteiger partial charge in [0.15, 0.2) is 0 Å². The Hall–Kier alpha value is -2.23. The van der Waals surface area contributed by atoms with E-state index in [1.807, 2.05) is 45.0 Å². The monoisotopic (exact) mass is 300 g/mol. The molecule has 2 amide bonds. The van der Waals surface area contributed by atoms with Gasteiger partial charge in [-0.3, -0.25) is 0 Å². The molecule has 1 aromatic carbocycles. The molecule has 22 heavy (non-hydrogen) atoms. The summed E-state index contributed by atoms with van der Waals surface area (Å²) >= 11 is 0. The zero-order valence-electron chi connectivity index (χ0n) is 13.5. The van der Waals surface area contributed by atoms with Gasteiger partial charge in [-0.05, 0) is 45.2 Å². The second-order valence-electron chi connectivity index (χ2n) is 5.69. The second-order valence-corrected chi connectivity index (χ2v) is 5.69. The van der Waals surface area contributed by atoms with Gasteiger partial charge in [-0.2, -0.15) is 0 Å². The molecule has 4 heteroatoms. The van der Waals surface area contributed by atoms with Crippen LogP contribution >= 0.6 is 0 Å². The van der Waals surface area contributed by atoms with Crippen LogP contribution < -0.4 is 10.6 Å². The van der Waals surface area contributed by atoms with E-state index in [2.05, 4.69) is 22.8 Å². The predicted octanol–water partition coefficient (Wildman–Crippen LogP) is 3.72. The molecule has 2 N–H and O–H groups in total. The van der Waals surface area contributed by atoms with Gasteiger partial charge in [-0.25, -0.2) is 4.79 Å². The lowest BCUT2D eigenvalue weighted by molar-refractivity contribution is 0.236. The molecule has 2 aromatic rings. The Kier molecular flexibility index (Phi) is 5.64. The highest BCUT2D eigenvalue weighted by Gasteiger charge is 2.09. The summed E-state index contributed by atoms with van der Waals surface area (Å²) in [6.07, 6.45) is 1.88. The number of nitrogens with one attached hydrogen (secondary N) is 2. The topological polar surface area (TPSA) is 54.3 Å². The van der Waals surface area contributed by atoms with Gasteiger partial charge in [0.2, 0.25) is 0 Å². The van der Waals surface area contributed by atoms with E-state index >= 15 is 0 Å². The summed E-state index contributed by atoms with van der Waals surface area (Å²) in [6.45, 7) is 6.32. The first-order valence-electron chi connectivity index (χ1n) is 7.69. The first kappa shape index (κ1) is 16.1. The number of furan rings is 1. The van der Waals surface area contributed by atoms with Crippen molar-refractivity contribution in [3.8, 4) is 0 Å². The minimum Gasteiger partial charge on any atom is -0.466 e. The highest BCUT2D eigenvalue weighted by molar-refractivity contribution is 5.74. The maximum Gasteiger partial charge on any atom is 0.315 e. The molecule has 0 saturated carbocycles. The maximum atomic E-state index is 11.9. The molecule has 1 heterocycles. The third-order valence-electron chi connectivity index (χ3n) is 3.67. The SMILES string of the molecule is Cc1cc(CNC(=O)NC(C)CCc2ccccc2)c(C)o1. The molecular weight excluding hydrogens is 276 g/mol. The van der Waals surface area contributed by atoms with Crippen LogP contribution in [0.4, 0.5) is 4.79 Å². The van der Waals surface area contributed by atoms with Crippen molar-refractivity contribution in [2.45, 2.75) is 46.2 Å². The summed E-state index contributed by atoms with van der Waals surface area (Å²) in [4.78, 5) is 11.9. The molecule has 2 rings (SSSR count). The summed E-state index contributed by atoms with van der Waals surface area (Å²) in [7, 11) is 0. The van der Waals surface area contributed by atoms with Crippen LogP contribution in [0.25, 0.3) is 0 Å². The molecule has 1 aromatic heterocycles. The van der Waals surface area contributed by atoms with Crippen LogP contribution in [0.2, 0.25) is 0 Å². The molecule has 0 bridgehead atoms. The zero-order chi connectivity index (χ0) is 15.9. The fourth-order valence-electron chi connectivity index (χ4n) is 2.41. The second kappa shape index (κ2) is 7.69. The molecular formula is C18H24N2O2. The minimum absolute atomic E-state index is 0.132. The van der Waals surface area contributed by atoms with Crippen molar-refractivity contribution in [3.63, 3.8) is 0 Å². The van der Waals surface area contributed by atoms with E-state index in [1.165, 1.54) is 5.56 Å². The number of hydrogen-bond acceptors (Lipinski definition) is 2. The van der Waals surface area contributed by atoms with Crippen molar-refractivity contribution in [1.82, 2.24) is 10.6 Å². The van der Waals surface area contributed by atoms with E-state index in [9.17, 15) is 4.79 Å². The number of carbonyl (C=O) groups excluding carboxylic acids is 1. The smallest absolute Gasteiger partial charge is 0.315 e. The molecule has 0 fully saturated rings. The number of benzene rings is 1. The van der Waals surface area contributed by atoms with Crippen molar-refractivity contribution in [2.75, 3.05) is 0 Å².